The molecular formula is C108H68N4. The Balaban J connectivity index is 0.000000134. The lowest BCUT2D eigenvalue weighted by Crippen LogP contribution is -1.96. The third kappa shape index (κ3) is 9.95. The quantitative estimate of drug-likeness (QED) is 0.128. The minimum absolute atomic E-state index is 1.15. The van der Waals surface area contributed by atoms with Crippen molar-refractivity contribution in [2.75, 3.05) is 0 Å². The van der Waals surface area contributed by atoms with E-state index in [1.165, 1.54) is 209 Å². The van der Waals surface area contributed by atoms with Gasteiger partial charge in [0.1, 0.15) is 0 Å². The highest BCUT2D eigenvalue weighted by Gasteiger charge is 2.26. The molecule has 0 spiro atoms. The summed E-state index contributed by atoms with van der Waals surface area (Å²) in [5.74, 6) is 0. The second-order valence-electron chi connectivity index (χ2n) is 29.8. The molecule has 4 heteroatoms. The number of benzene rings is 19. The summed E-state index contributed by atoms with van der Waals surface area (Å²) in [5, 5.41) is 17.7. The highest BCUT2D eigenvalue weighted by molar-refractivity contribution is 6.21. The van der Waals surface area contributed by atoms with Crippen molar-refractivity contribution < 1.29 is 0 Å². The van der Waals surface area contributed by atoms with Crippen molar-refractivity contribution in [3.63, 3.8) is 0 Å². The molecular weight excluding hydrogens is 1350 g/mol. The van der Waals surface area contributed by atoms with Crippen LogP contribution in [0.4, 0.5) is 0 Å². The molecule has 1 aliphatic rings. The molecule has 4 heterocycles. The molecule has 0 amide bonds. The van der Waals surface area contributed by atoms with Crippen LogP contribution in [0.1, 0.15) is 0 Å². The molecule has 0 fully saturated rings. The van der Waals surface area contributed by atoms with E-state index in [-0.39, 0.29) is 0 Å². The number of para-hydroxylation sites is 4. The minimum Gasteiger partial charge on any atom is -0.309 e. The maximum absolute atomic E-state index is 2.47. The first kappa shape index (κ1) is 63.3. The molecule has 0 bridgehead atoms. The number of hydrogen-bond donors (Lipinski definition) is 0. The van der Waals surface area contributed by atoms with Gasteiger partial charge in [-0.05, 0) is 209 Å². The number of hydrogen-bond acceptors (Lipinski definition) is 0. The van der Waals surface area contributed by atoms with Gasteiger partial charge in [-0.3, -0.25) is 0 Å². The van der Waals surface area contributed by atoms with Gasteiger partial charge in [0.05, 0.1) is 55.5 Å². The van der Waals surface area contributed by atoms with Gasteiger partial charge < -0.3 is 18.3 Å². The van der Waals surface area contributed by atoms with Crippen LogP contribution in [0.3, 0.4) is 0 Å². The van der Waals surface area contributed by atoms with Gasteiger partial charge in [-0.15, -0.1) is 0 Å². The van der Waals surface area contributed by atoms with Crippen molar-refractivity contribution in [2.24, 2.45) is 0 Å². The third-order valence-corrected chi connectivity index (χ3v) is 23.8. The smallest absolute Gasteiger partial charge is 0.0546 e. The van der Waals surface area contributed by atoms with Crippen molar-refractivity contribution >= 4 is 120 Å². The SMILES string of the molecule is c1ccc(-c2ccc(-c3ccc(-n4c5ccccc5c5cc(-c6ccc7c(c6)c6ccccc6n7-c6cc7ccccc7c7ccccc67)ccc54)cc3)cc2)cc1.c1ccc(-c2cccc(-n3c4ccccc4c4cc(-c5ccc6c(c5)c5ccccc5n6-c5ccc6c7c(cccc57)-c5ccccc5-6)ccc43)c2)cc1. The summed E-state index contributed by atoms with van der Waals surface area (Å²) in [6.07, 6.45) is 0. The molecule has 1 aliphatic carbocycles. The molecule has 0 saturated carbocycles. The van der Waals surface area contributed by atoms with E-state index >= 15 is 0 Å². The molecule has 0 unspecified atom stereocenters. The molecule has 0 radical (unpaired) electrons. The summed E-state index contributed by atoms with van der Waals surface area (Å²) in [6.45, 7) is 0. The van der Waals surface area contributed by atoms with Crippen LogP contribution in [0.5, 0.6) is 0 Å². The third-order valence-electron chi connectivity index (χ3n) is 23.8. The number of aromatic nitrogens is 4. The maximum atomic E-state index is 2.47. The Morgan fingerprint density at radius 2 is 0.455 bits per heavy atom. The van der Waals surface area contributed by atoms with Crippen LogP contribution in [-0.4, -0.2) is 18.3 Å². The topological polar surface area (TPSA) is 19.7 Å². The highest BCUT2D eigenvalue weighted by Crippen LogP contribution is 2.50. The Labute approximate surface area is 646 Å². The molecule has 19 aromatic carbocycles. The van der Waals surface area contributed by atoms with Crippen molar-refractivity contribution in [3.8, 4) is 101 Å². The Kier molecular flexibility index (Phi) is 14.3. The van der Waals surface area contributed by atoms with E-state index in [0.717, 1.165) is 11.4 Å². The Morgan fingerprint density at radius 1 is 0.134 bits per heavy atom. The predicted molar refractivity (Wildman–Crippen MR) is 474 cm³/mol. The molecule has 24 rings (SSSR count). The summed E-state index contributed by atoms with van der Waals surface area (Å²) in [7, 11) is 0. The fourth-order valence-corrected chi connectivity index (χ4v) is 18.6. The number of nitrogens with zero attached hydrogens (tertiary/aromatic N) is 4. The van der Waals surface area contributed by atoms with E-state index in [9.17, 15) is 0 Å². The van der Waals surface area contributed by atoms with Crippen molar-refractivity contribution in [1.29, 1.82) is 0 Å². The molecule has 4 nitrogen and oxygen atoms in total. The summed E-state index contributed by atoms with van der Waals surface area (Å²) in [6, 6.07) is 151. The van der Waals surface area contributed by atoms with E-state index in [2.05, 4.69) is 431 Å². The molecule has 112 heavy (non-hydrogen) atoms. The minimum atomic E-state index is 1.15. The van der Waals surface area contributed by atoms with Gasteiger partial charge in [0, 0.05) is 65.2 Å². The van der Waals surface area contributed by atoms with Crippen LogP contribution in [0.2, 0.25) is 0 Å². The van der Waals surface area contributed by atoms with E-state index in [1.54, 1.807) is 0 Å². The van der Waals surface area contributed by atoms with Crippen LogP contribution >= 0.6 is 0 Å². The summed E-state index contributed by atoms with van der Waals surface area (Å²) >= 11 is 0. The molecule has 23 aromatic rings. The summed E-state index contributed by atoms with van der Waals surface area (Å²) < 4.78 is 9.75. The monoisotopic (exact) mass is 1420 g/mol. The van der Waals surface area contributed by atoms with Gasteiger partial charge in [-0.1, -0.05) is 303 Å². The molecule has 0 N–H and O–H groups in total. The van der Waals surface area contributed by atoms with E-state index < -0.39 is 0 Å². The van der Waals surface area contributed by atoms with Gasteiger partial charge in [0.15, 0.2) is 0 Å². The van der Waals surface area contributed by atoms with Crippen LogP contribution in [0.25, 0.3) is 220 Å². The average molecular weight is 1420 g/mol. The Hall–Kier alpha value is -14.8. The van der Waals surface area contributed by atoms with Gasteiger partial charge in [0.2, 0.25) is 0 Å². The lowest BCUT2D eigenvalue weighted by molar-refractivity contribution is 1.18. The summed E-state index contributed by atoms with van der Waals surface area (Å²) in [4.78, 5) is 0. The lowest BCUT2D eigenvalue weighted by atomic mass is 9.99. The van der Waals surface area contributed by atoms with Crippen LogP contribution < -0.4 is 0 Å². The fraction of sp³-hybridized carbons (Fsp3) is 0. The van der Waals surface area contributed by atoms with Gasteiger partial charge in [0.25, 0.3) is 0 Å². The Bertz CT molecular complexity index is 7750. The normalized spacial score (nSPS) is 11.9. The molecule has 4 aromatic heterocycles. The van der Waals surface area contributed by atoms with E-state index in [0.29, 0.717) is 0 Å². The van der Waals surface area contributed by atoms with Gasteiger partial charge in [-0.25, -0.2) is 0 Å². The molecule has 0 aliphatic heterocycles. The van der Waals surface area contributed by atoms with Crippen molar-refractivity contribution in [3.05, 3.63) is 413 Å². The number of rotatable bonds is 9. The first-order valence-corrected chi connectivity index (χ1v) is 38.7. The van der Waals surface area contributed by atoms with Crippen LogP contribution in [0, 0.1) is 0 Å². The molecule has 0 atom stereocenters. The zero-order valence-electron chi connectivity index (χ0n) is 61.0. The zero-order chi connectivity index (χ0) is 73.5. The number of fused-ring (bicyclic) bond motifs is 18. The average Bonchev–Trinajstić information content (AvgIpc) is 1.43. The molecule has 520 valence electrons. The second-order valence-corrected chi connectivity index (χ2v) is 29.8. The second kappa shape index (κ2) is 25.4. The van der Waals surface area contributed by atoms with Crippen LogP contribution in [0.15, 0.2) is 413 Å². The van der Waals surface area contributed by atoms with E-state index in [4.69, 9.17) is 0 Å². The predicted octanol–water partition coefficient (Wildman–Crippen LogP) is 29.2. The first-order chi connectivity index (χ1) is 55.6. The zero-order valence-corrected chi connectivity index (χ0v) is 61.0. The maximum Gasteiger partial charge on any atom is 0.0546 e. The van der Waals surface area contributed by atoms with Crippen LogP contribution in [-0.2, 0) is 0 Å². The van der Waals surface area contributed by atoms with Gasteiger partial charge in [-0.2, -0.15) is 0 Å². The fourth-order valence-electron chi connectivity index (χ4n) is 18.6. The molecule has 0 saturated heterocycles. The lowest BCUT2D eigenvalue weighted by Gasteiger charge is -2.14. The van der Waals surface area contributed by atoms with Crippen molar-refractivity contribution in [1.82, 2.24) is 18.3 Å². The Morgan fingerprint density at radius 3 is 0.973 bits per heavy atom. The largest absolute Gasteiger partial charge is 0.309 e. The highest BCUT2D eigenvalue weighted by atomic mass is 15.0. The van der Waals surface area contributed by atoms with Gasteiger partial charge >= 0.3 is 0 Å². The van der Waals surface area contributed by atoms with Crippen molar-refractivity contribution in [2.45, 2.75) is 0 Å². The summed E-state index contributed by atoms with van der Waals surface area (Å²) in [5.41, 5.74) is 31.9. The first-order valence-electron chi connectivity index (χ1n) is 38.7. The van der Waals surface area contributed by atoms with E-state index in [1.807, 2.05) is 0 Å². The standard InChI is InChI=1S/C56H36N2.C52H32N2/c1-2-12-37(13-3-1)38-22-24-39(25-23-38)40-26-30-44(31-27-40)57-52-20-10-8-18-48(52)50-34-41(28-32-54(50)57)42-29-33-55-51(35-42)49-19-9-11-21-53(49)58(55)56-36-43-14-4-5-15-45(43)46-16-6-7-17-47(46)56;1-2-12-33(13-3-1)34-14-10-15-37(30-34)53-47-22-8-6-18-40(47)45-31-35(24-27-50(45)53)36-25-28-51-46(32-36)41-19-7-9-23-48(41)54(51)49-29-26-43-39-17-5-4-16-38(39)42-20-11-21-44(49)52(42)43/h1-36H;1-32H.